The van der Waals surface area contributed by atoms with Gasteiger partial charge in [-0.25, -0.2) is 9.18 Å². The van der Waals surface area contributed by atoms with Gasteiger partial charge in [0.2, 0.25) is 0 Å². The number of hydrogen-bond donors (Lipinski definition) is 1. The predicted molar refractivity (Wildman–Crippen MR) is 170 cm³/mol. The second-order valence-electron chi connectivity index (χ2n) is 12.8. The predicted octanol–water partition coefficient (Wildman–Crippen LogP) is 6.48. The van der Waals surface area contributed by atoms with Crippen LogP contribution in [0.1, 0.15) is 33.6 Å². The van der Waals surface area contributed by atoms with Gasteiger partial charge < -0.3 is 24.4 Å². The Morgan fingerprint density at radius 3 is 2.48 bits per heavy atom. The third kappa shape index (κ3) is 5.80. The molecule has 2 saturated heterocycles. The molecule has 2 fully saturated rings. The zero-order valence-corrected chi connectivity index (χ0v) is 26.4. The lowest BCUT2D eigenvalue weighted by atomic mass is 9.96. The van der Waals surface area contributed by atoms with E-state index in [0.29, 0.717) is 43.0 Å². The third-order valence-corrected chi connectivity index (χ3v) is 8.41. The smallest absolute Gasteiger partial charge is 0.410 e. The average molecular weight is 622 g/mol. The van der Waals surface area contributed by atoms with E-state index < -0.39 is 11.4 Å². The topological polar surface area (TPSA) is 91.3 Å². The molecular weight excluding hydrogens is 585 g/mol. The standard InChI is InChI=1S/C33H37ClFN5O4/c1-33(2,3)44-32(42)40-20-10-11-21(40)18-39(17-20)30-25-16-26(34)27(24-15-22(41)14-19-8-6-7-9-23(19)24)28(35)29(25)36-31(37-30)43-13-12-38(4)5/h6-9,14-16,20-21,41H,10-13,17-18H2,1-5H3/t20-,21+. The summed E-state index contributed by atoms with van der Waals surface area (Å²) in [6, 6.07) is 12.2. The van der Waals surface area contributed by atoms with Crippen LogP contribution >= 0.6 is 11.6 Å². The van der Waals surface area contributed by atoms with Crippen molar-refractivity contribution in [3.8, 4) is 22.9 Å². The summed E-state index contributed by atoms with van der Waals surface area (Å²) in [5.74, 6) is -0.118. The van der Waals surface area contributed by atoms with Gasteiger partial charge in [0.15, 0.2) is 5.82 Å². The van der Waals surface area contributed by atoms with Crippen molar-refractivity contribution < 1.29 is 23.8 Å². The summed E-state index contributed by atoms with van der Waals surface area (Å²) >= 11 is 6.86. The van der Waals surface area contributed by atoms with Gasteiger partial charge in [-0.3, -0.25) is 4.90 Å². The minimum Gasteiger partial charge on any atom is -0.508 e. The molecule has 1 N–H and O–H groups in total. The number of nitrogens with zero attached hydrogens (tertiary/aromatic N) is 5. The largest absolute Gasteiger partial charge is 0.508 e. The summed E-state index contributed by atoms with van der Waals surface area (Å²) in [6.07, 6.45) is 1.35. The molecule has 6 rings (SSSR count). The summed E-state index contributed by atoms with van der Waals surface area (Å²) in [5, 5.41) is 12.6. The SMILES string of the molecule is CN(C)CCOc1nc(N2C[C@H]3CC[C@@H](C2)N3C(=O)OC(C)(C)C)c2cc(Cl)c(-c3cc(O)cc4ccccc34)c(F)c2n1. The fraction of sp³-hybridized carbons (Fsp3) is 0.424. The summed E-state index contributed by atoms with van der Waals surface area (Å²) in [6.45, 7) is 7.52. The Morgan fingerprint density at radius 2 is 1.80 bits per heavy atom. The minimum atomic E-state index is -0.625. The van der Waals surface area contributed by atoms with E-state index >= 15 is 4.39 Å². The van der Waals surface area contributed by atoms with Crippen LogP contribution in [0.25, 0.3) is 32.8 Å². The van der Waals surface area contributed by atoms with E-state index in [1.54, 1.807) is 12.1 Å². The number of benzene rings is 3. The molecule has 2 bridgehead atoms. The van der Waals surface area contributed by atoms with Crippen molar-refractivity contribution in [3.05, 3.63) is 53.3 Å². The number of carbonyl (C=O) groups is 1. The highest BCUT2D eigenvalue weighted by Gasteiger charge is 2.45. The third-order valence-electron chi connectivity index (χ3n) is 8.11. The van der Waals surface area contributed by atoms with E-state index in [1.165, 1.54) is 6.07 Å². The maximum Gasteiger partial charge on any atom is 0.410 e. The quantitative estimate of drug-likeness (QED) is 0.262. The fourth-order valence-corrected chi connectivity index (χ4v) is 6.52. The number of ether oxygens (including phenoxy) is 2. The zero-order valence-electron chi connectivity index (χ0n) is 25.6. The minimum absolute atomic E-state index is 0.00341. The van der Waals surface area contributed by atoms with Crippen molar-refractivity contribution in [1.82, 2.24) is 19.8 Å². The lowest BCUT2D eigenvalue weighted by Crippen LogP contribution is -2.57. The molecule has 2 aliphatic rings. The van der Waals surface area contributed by atoms with E-state index in [1.807, 2.05) is 68.9 Å². The molecule has 232 valence electrons. The average Bonchev–Trinajstić information content (AvgIpc) is 3.21. The maximum absolute atomic E-state index is 16.7. The van der Waals surface area contributed by atoms with Crippen molar-refractivity contribution in [3.63, 3.8) is 0 Å². The molecule has 0 aliphatic carbocycles. The number of rotatable bonds is 6. The number of fused-ring (bicyclic) bond motifs is 4. The first kappa shape index (κ1) is 30.1. The number of halogens is 2. The van der Waals surface area contributed by atoms with Crippen LogP contribution < -0.4 is 9.64 Å². The molecule has 1 amide bonds. The highest BCUT2D eigenvalue weighted by Crippen LogP contribution is 2.43. The first-order chi connectivity index (χ1) is 20.9. The van der Waals surface area contributed by atoms with E-state index in [9.17, 15) is 9.90 Å². The Bertz CT molecular complexity index is 1730. The Labute approximate surface area is 261 Å². The first-order valence-corrected chi connectivity index (χ1v) is 15.2. The Kier molecular flexibility index (Phi) is 7.92. The van der Waals surface area contributed by atoms with Gasteiger partial charge in [-0.15, -0.1) is 0 Å². The molecule has 1 aromatic heterocycles. The van der Waals surface area contributed by atoms with E-state index in [-0.39, 0.29) is 46.0 Å². The second-order valence-corrected chi connectivity index (χ2v) is 13.2. The molecule has 3 heterocycles. The zero-order chi connectivity index (χ0) is 31.3. The highest BCUT2D eigenvalue weighted by atomic mass is 35.5. The Hall–Kier alpha value is -3.89. The number of aromatic nitrogens is 2. The van der Waals surface area contributed by atoms with E-state index in [2.05, 4.69) is 9.88 Å². The molecule has 9 nitrogen and oxygen atoms in total. The second kappa shape index (κ2) is 11.6. The molecule has 0 saturated carbocycles. The summed E-state index contributed by atoms with van der Waals surface area (Å²) in [7, 11) is 3.87. The van der Waals surface area contributed by atoms with Crippen molar-refractivity contribution in [2.24, 2.45) is 0 Å². The van der Waals surface area contributed by atoms with Crippen LogP contribution in [0.2, 0.25) is 5.02 Å². The molecule has 0 radical (unpaired) electrons. The van der Waals surface area contributed by atoms with Gasteiger partial charge in [0.1, 0.15) is 29.3 Å². The molecule has 0 unspecified atom stereocenters. The number of anilines is 1. The van der Waals surface area contributed by atoms with E-state index in [0.717, 1.165) is 23.6 Å². The van der Waals surface area contributed by atoms with Crippen LogP contribution in [0, 0.1) is 5.82 Å². The van der Waals surface area contributed by atoms with E-state index in [4.69, 9.17) is 26.1 Å². The van der Waals surface area contributed by atoms with Crippen molar-refractivity contribution in [2.45, 2.75) is 51.3 Å². The van der Waals surface area contributed by atoms with Crippen LogP contribution in [0.3, 0.4) is 0 Å². The van der Waals surface area contributed by atoms with Gasteiger partial charge in [0.05, 0.1) is 17.1 Å². The summed E-state index contributed by atoms with van der Waals surface area (Å²) in [5.41, 5.74) is 0.0835. The number of carbonyl (C=O) groups excluding carboxylic acids is 1. The van der Waals surface area contributed by atoms with Crippen LogP contribution in [0.15, 0.2) is 42.5 Å². The molecular formula is C33H37ClFN5O4. The molecule has 44 heavy (non-hydrogen) atoms. The van der Waals surface area contributed by atoms with Crippen LogP contribution in [-0.2, 0) is 4.74 Å². The lowest BCUT2D eigenvalue weighted by Gasteiger charge is -2.42. The molecule has 2 aliphatic heterocycles. The monoisotopic (exact) mass is 621 g/mol. The number of likely N-dealkylation sites (N-methyl/N-ethyl adjacent to an activating group) is 1. The maximum atomic E-state index is 16.7. The highest BCUT2D eigenvalue weighted by molar-refractivity contribution is 6.35. The first-order valence-electron chi connectivity index (χ1n) is 14.9. The summed E-state index contributed by atoms with van der Waals surface area (Å²) < 4.78 is 28.4. The van der Waals surface area contributed by atoms with Gasteiger partial charge in [0, 0.05) is 30.6 Å². The van der Waals surface area contributed by atoms with Gasteiger partial charge in [-0.05, 0) is 82.2 Å². The lowest BCUT2D eigenvalue weighted by molar-refractivity contribution is 0.0122. The van der Waals surface area contributed by atoms with Gasteiger partial charge in [0.25, 0.3) is 0 Å². The number of phenolic OH excluding ortho intramolecular Hbond substituents is 1. The fourth-order valence-electron chi connectivity index (χ4n) is 6.22. The number of phenols is 1. The van der Waals surface area contributed by atoms with Crippen molar-refractivity contribution in [2.75, 3.05) is 45.2 Å². The Morgan fingerprint density at radius 1 is 1.09 bits per heavy atom. The number of piperazine rings is 1. The van der Waals surface area contributed by atoms with Crippen molar-refractivity contribution >= 4 is 45.2 Å². The van der Waals surface area contributed by atoms with Crippen LogP contribution in [0.4, 0.5) is 15.0 Å². The number of amides is 1. The molecule has 0 spiro atoms. The van der Waals surface area contributed by atoms with Gasteiger partial charge in [-0.1, -0.05) is 35.9 Å². The molecule has 2 atom stereocenters. The number of aromatic hydroxyl groups is 1. The van der Waals surface area contributed by atoms with Gasteiger partial charge in [-0.2, -0.15) is 9.97 Å². The van der Waals surface area contributed by atoms with Crippen LogP contribution in [0.5, 0.6) is 11.8 Å². The molecule has 11 heteroatoms. The summed E-state index contributed by atoms with van der Waals surface area (Å²) in [4.78, 5) is 28.3. The van der Waals surface area contributed by atoms with Gasteiger partial charge >= 0.3 is 12.1 Å². The Balaban J connectivity index is 1.45. The van der Waals surface area contributed by atoms with Crippen molar-refractivity contribution in [1.29, 1.82) is 0 Å². The molecule has 4 aromatic rings. The molecule has 3 aromatic carbocycles. The number of hydrogen-bond acceptors (Lipinski definition) is 8. The van der Waals surface area contributed by atoms with Crippen LogP contribution in [-0.4, -0.2) is 89.0 Å². The normalized spacial score (nSPS) is 18.5.